The Morgan fingerprint density at radius 1 is 0.933 bits per heavy atom. The normalized spacial score (nSPS) is 16.2. The fourth-order valence-corrected chi connectivity index (χ4v) is 5.37. The number of para-hydroxylation sites is 2. The van der Waals surface area contributed by atoms with Crippen LogP contribution >= 0.6 is 0 Å². The molecule has 3 aromatic carbocycles. The van der Waals surface area contributed by atoms with Crippen molar-refractivity contribution in [2.75, 3.05) is 15.7 Å². The number of sulfonamides is 1. The molecule has 0 spiro atoms. The largest absolute Gasteiger partial charge is 0.368 e. The summed E-state index contributed by atoms with van der Waals surface area (Å²) < 4.78 is 28.3. The molecule has 1 heterocycles. The second kappa shape index (κ2) is 7.84. The lowest BCUT2D eigenvalue weighted by atomic mass is 10.1. The van der Waals surface area contributed by atoms with Crippen LogP contribution in [0.15, 0.2) is 83.8 Å². The molecule has 1 aliphatic heterocycles. The molecule has 1 amide bonds. The number of carbonyl (C=O) groups is 1. The number of benzene rings is 3. The topological polar surface area (TPSA) is 83.7 Å². The minimum absolute atomic E-state index is 0.130. The van der Waals surface area contributed by atoms with Crippen molar-refractivity contribution in [1.29, 1.82) is 0 Å². The molecule has 1 unspecified atom stereocenters. The van der Waals surface area contributed by atoms with Gasteiger partial charge in [-0.1, -0.05) is 60.2 Å². The minimum Gasteiger partial charge on any atom is -0.368 e. The van der Waals surface area contributed by atoms with Crippen molar-refractivity contribution in [2.24, 2.45) is 5.73 Å². The maximum Gasteiger partial charge on any atom is 0.265 e. The highest BCUT2D eigenvalue weighted by Crippen LogP contribution is 2.39. The molecule has 4 rings (SSSR count). The van der Waals surface area contributed by atoms with Gasteiger partial charge in [0, 0.05) is 13.1 Å². The number of rotatable bonds is 5. The van der Waals surface area contributed by atoms with Crippen LogP contribution in [-0.2, 0) is 21.4 Å². The van der Waals surface area contributed by atoms with E-state index in [1.165, 1.54) is 4.31 Å². The van der Waals surface area contributed by atoms with E-state index in [1.54, 1.807) is 36.4 Å². The second-order valence-electron chi connectivity index (χ2n) is 7.39. The van der Waals surface area contributed by atoms with E-state index in [0.29, 0.717) is 12.2 Å². The molecule has 0 bridgehead atoms. The number of anilines is 2. The van der Waals surface area contributed by atoms with Crippen LogP contribution in [0, 0.1) is 6.92 Å². The predicted molar refractivity (Wildman–Crippen MR) is 118 cm³/mol. The van der Waals surface area contributed by atoms with Crippen molar-refractivity contribution in [2.45, 2.75) is 24.4 Å². The molecule has 2 N–H and O–H groups in total. The zero-order chi connectivity index (χ0) is 21.3. The van der Waals surface area contributed by atoms with E-state index in [2.05, 4.69) is 0 Å². The molecule has 0 aromatic heterocycles. The summed E-state index contributed by atoms with van der Waals surface area (Å²) in [6, 6.07) is 22.6. The first kappa shape index (κ1) is 20.0. The van der Waals surface area contributed by atoms with Gasteiger partial charge in [-0.05, 0) is 36.8 Å². The van der Waals surface area contributed by atoms with Crippen molar-refractivity contribution in [1.82, 2.24) is 0 Å². The molecule has 0 saturated carbocycles. The van der Waals surface area contributed by atoms with Gasteiger partial charge in [-0.25, -0.2) is 12.7 Å². The molecular weight excluding hydrogens is 398 g/mol. The van der Waals surface area contributed by atoms with Gasteiger partial charge < -0.3 is 10.6 Å². The Morgan fingerprint density at radius 3 is 2.17 bits per heavy atom. The van der Waals surface area contributed by atoms with Crippen LogP contribution in [0.1, 0.15) is 11.1 Å². The van der Waals surface area contributed by atoms with Crippen LogP contribution in [0.25, 0.3) is 0 Å². The Balaban J connectivity index is 1.82. The summed E-state index contributed by atoms with van der Waals surface area (Å²) in [6.45, 7) is 2.60. The average molecular weight is 422 g/mol. The standard InChI is InChI=1S/C23H23N3O3S/c1-17-11-13-19(14-12-17)30(28,29)26-21-10-6-5-9-20(21)25(16-22(26)23(24)27)15-18-7-3-2-4-8-18/h2-14,22H,15-16H2,1H3,(H2,24,27). The third kappa shape index (κ3) is 3.64. The van der Waals surface area contributed by atoms with E-state index in [-0.39, 0.29) is 11.4 Å². The third-order valence-corrected chi connectivity index (χ3v) is 7.10. The highest BCUT2D eigenvalue weighted by molar-refractivity contribution is 7.93. The van der Waals surface area contributed by atoms with E-state index in [9.17, 15) is 13.2 Å². The number of nitrogens with zero attached hydrogens (tertiary/aromatic N) is 2. The van der Waals surface area contributed by atoms with E-state index in [4.69, 9.17) is 5.73 Å². The molecule has 0 aliphatic carbocycles. The molecule has 30 heavy (non-hydrogen) atoms. The predicted octanol–water partition coefficient (Wildman–Crippen LogP) is 3.06. The molecule has 1 atom stereocenters. The number of hydrogen-bond acceptors (Lipinski definition) is 4. The van der Waals surface area contributed by atoms with Crippen molar-refractivity contribution >= 4 is 27.3 Å². The average Bonchev–Trinajstić information content (AvgIpc) is 2.74. The first-order valence-electron chi connectivity index (χ1n) is 9.66. The quantitative estimate of drug-likeness (QED) is 0.686. The minimum atomic E-state index is -3.98. The Morgan fingerprint density at radius 2 is 1.53 bits per heavy atom. The van der Waals surface area contributed by atoms with Gasteiger partial charge in [-0.15, -0.1) is 0 Å². The van der Waals surface area contributed by atoms with Crippen LogP contribution in [0.3, 0.4) is 0 Å². The van der Waals surface area contributed by atoms with E-state index in [1.807, 2.05) is 54.3 Å². The van der Waals surface area contributed by atoms with Gasteiger partial charge in [0.2, 0.25) is 5.91 Å². The summed E-state index contributed by atoms with van der Waals surface area (Å²) >= 11 is 0. The SMILES string of the molecule is Cc1ccc(S(=O)(=O)N2c3ccccc3N(Cc3ccccc3)CC2C(N)=O)cc1. The van der Waals surface area contributed by atoms with Gasteiger partial charge in [-0.3, -0.25) is 4.79 Å². The Labute approximate surface area is 176 Å². The number of carbonyl (C=O) groups excluding carboxylic acids is 1. The van der Waals surface area contributed by atoms with Crippen LogP contribution in [-0.4, -0.2) is 26.9 Å². The van der Waals surface area contributed by atoms with Gasteiger partial charge in [-0.2, -0.15) is 0 Å². The zero-order valence-electron chi connectivity index (χ0n) is 16.6. The molecular formula is C23H23N3O3S. The number of fused-ring (bicyclic) bond motifs is 1. The van der Waals surface area contributed by atoms with Gasteiger partial charge in [0.15, 0.2) is 0 Å². The summed E-state index contributed by atoms with van der Waals surface area (Å²) in [5.74, 6) is -0.682. The second-order valence-corrected chi connectivity index (χ2v) is 9.20. The highest BCUT2D eigenvalue weighted by Gasteiger charge is 2.41. The summed E-state index contributed by atoms with van der Waals surface area (Å²) in [7, 11) is -3.98. The Bertz CT molecular complexity index is 1160. The summed E-state index contributed by atoms with van der Waals surface area (Å²) in [5.41, 5.74) is 8.90. The molecule has 0 radical (unpaired) electrons. The lowest BCUT2D eigenvalue weighted by Crippen LogP contribution is -2.57. The number of amides is 1. The van der Waals surface area contributed by atoms with Crippen molar-refractivity contribution in [3.8, 4) is 0 Å². The van der Waals surface area contributed by atoms with Crippen LogP contribution in [0.5, 0.6) is 0 Å². The molecule has 0 saturated heterocycles. The van der Waals surface area contributed by atoms with Crippen LogP contribution in [0.2, 0.25) is 0 Å². The van der Waals surface area contributed by atoms with Crippen LogP contribution < -0.4 is 14.9 Å². The van der Waals surface area contributed by atoms with Gasteiger partial charge in [0.1, 0.15) is 6.04 Å². The number of primary amides is 1. The molecule has 6 nitrogen and oxygen atoms in total. The smallest absolute Gasteiger partial charge is 0.265 e. The number of nitrogens with two attached hydrogens (primary N) is 1. The fraction of sp³-hybridized carbons (Fsp3) is 0.174. The summed E-state index contributed by atoms with van der Waals surface area (Å²) in [5, 5.41) is 0. The third-order valence-electron chi connectivity index (χ3n) is 5.26. The number of hydrogen-bond donors (Lipinski definition) is 1. The number of aryl methyl sites for hydroxylation is 1. The van der Waals surface area contributed by atoms with Crippen molar-refractivity contribution in [3.63, 3.8) is 0 Å². The molecule has 154 valence electrons. The maximum absolute atomic E-state index is 13.5. The first-order chi connectivity index (χ1) is 14.4. The molecule has 7 heteroatoms. The maximum atomic E-state index is 13.5. The zero-order valence-corrected chi connectivity index (χ0v) is 17.4. The van der Waals surface area contributed by atoms with Gasteiger partial charge in [0.25, 0.3) is 10.0 Å². The van der Waals surface area contributed by atoms with E-state index in [0.717, 1.165) is 16.8 Å². The van der Waals surface area contributed by atoms with Gasteiger partial charge in [0.05, 0.1) is 16.3 Å². The highest BCUT2D eigenvalue weighted by atomic mass is 32.2. The van der Waals surface area contributed by atoms with E-state index < -0.39 is 22.0 Å². The fourth-order valence-electron chi connectivity index (χ4n) is 3.75. The van der Waals surface area contributed by atoms with E-state index >= 15 is 0 Å². The van der Waals surface area contributed by atoms with Crippen LogP contribution in [0.4, 0.5) is 11.4 Å². The van der Waals surface area contributed by atoms with Crippen molar-refractivity contribution in [3.05, 3.63) is 90.0 Å². The van der Waals surface area contributed by atoms with Crippen molar-refractivity contribution < 1.29 is 13.2 Å². The molecule has 0 fully saturated rings. The lowest BCUT2D eigenvalue weighted by molar-refractivity contribution is -0.118. The molecule has 3 aromatic rings. The first-order valence-corrected chi connectivity index (χ1v) is 11.1. The monoisotopic (exact) mass is 421 g/mol. The summed E-state index contributed by atoms with van der Waals surface area (Å²) in [6.07, 6.45) is 0. The lowest BCUT2D eigenvalue weighted by Gasteiger charge is -2.42. The Kier molecular flexibility index (Phi) is 5.22. The summed E-state index contributed by atoms with van der Waals surface area (Å²) in [4.78, 5) is 14.5. The van der Waals surface area contributed by atoms with Gasteiger partial charge >= 0.3 is 0 Å². The Hall–Kier alpha value is -3.32. The molecule has 1 aliphatic rings.